The number of halogens is 2. The second-order valence-electron chi connectivity index (χ2n) is 9.54. The van der Waals surface area contributed by atoms with Gasteiger partial charge in [-0.05, 0) is 75.6 Å². The Morgan fingerprint density at radius 3 is 2.10 bits per heavy atom. The average Bonchev–Trinajstić information content (AvgIpc) is 3.30. The molecule has 0 aliphatic carbocycles. The lowest BCUT2D eigenvalue weighted by molar-refractivity contribution is 0.0942. The van der Waals surface area contributed by atoms with Crippen LogP contribution in [0.2, 0.25) is 0 Å². The van der Waals surface area contributed by atoms with E-state index in [0.29, 0.717) is 59.6 Å². The van der Waals surface area contributed by atoms with Crippen molar-refractivity contribution < 1.29 is 14.4 Å². The van der Waals surface area contributed by atoms with Crippen molar-refractivity contribution >= 4 is 58.0 Å². The number of alkyl halides is 2. The highest BCUT2D eigenvalue weighted by Crippen LogP contribution is 2.19. The average molecular weight is 588 g/mol. The standard InChI is InChI=1S/C29H36Cl2N6O3/c1-35(2)15-5-14-32-29(40)26-19-24(20-36(26)3)34-27(38)21-8-10-23(11-9-21)33-28(39)22-6-4-7-25(18-22)37(16-12-30)17-13-31/h4,6-11,18-20H,5,12-17H2,1-3H3,(H,32,40)(H,33,39)(H,34,38). The summed E-state index contributed by atoms with van der Waals surface area (Å²) in [6, 6.07) is 15.5. The van der Waals surface area contributed by atoms with Crippen molar-refractivity contribution in [2.45, 2.75) is 6.42 Å². The fourth-order valence-electron chi connectivity index (χ4n) is 4.08. The molecule has 2 aromatic carbocycles. The van der Waals surface area contributed by atoms with Crippen LogP contribution in [0.5, 0.6) is 0 Å². The van der Waals surface area contributed by atoms with Gasteiger partial charge >= 0.3 is 0 Å². The van der Waals surface area contributed by atoms with Crippen molar-refractivity contribution in [1.29, 1.82) is 0 Å². The van der Waals surface area contributed by atoms with Crippen LogP contribution in [-0.2, 0) is 7.05 Å². The molecular weight excluding hydrogens is 551 g/mol. The number of carbonyl (C=O) groups is 3. The van der Waals surface area contributed by atoms with Crippen molar-refractivity contribution in [2.75, 3.05) is 67.6 Å². The first-order valence-electron chi connectivity index (χ1n) is 13.0. The van der Waals surface area contributed by atoms with Gasteiger partial charge in [0, 0.05) is 67.1 Å². The van der Waals surface area contributed by atoms with E-state index >= 15 is 0 Å². The van der Waals surface area contributed by atoms with E-state index in [9.17, 15) is 14.4 Å². The van der Waals surface area contributed by atoms with Gasteiger partial charge < -0.3 is 30.3 Å². The molecule has 0 radical (unpaired) electrons. The normalized spacial score (nSPS) is 10.8. The van der Waals surface area contributed by atoms with Crippen molar-refractivity contribution in [1.82, 2.24) is 14.8 Å². The largest absolute Gasteiger partial charge is 0.369 e. The summed E-state index contributed by atoms with van der Waals surface area (Å²) >= 11 is 11.8. The number of amides is 3. The highest BCUT2D eigenvalue weighted by molar-refractivity contribution is 6.18. The maximum Gasteiger partial charge on any atom is 0.267 e. The van der Waals surface area contributed by atoms with Gasteiger partial charge in [-0.1, -0.05) is 6.07 Å². The number of aryl methyl sites for hydroxylation is 1. The molecule has 40 heavy (non-hydrogen) atoms. The maximum absolute atomic E-state index is 12.9. The molecule has 214 valence electrons. The molecule has 9 nitrogen and oxygen atoms in total. The lowest BCUT2D eigenvalue weighted by Crippen LogP contribution is -2.28. The van der Waals surface area contributed by atoms with Crippen molar-refractivity contribution in [3.8, 4) is 0 Å². The summed E-state index contributed by atoms with van der Waals surface area (Å²) in [6.07, 6.45) is 2.54. The monoisotopic (exact) mass is 586 g/mol. The van der Waals surface area contributed by atoms with Crippen LogP contribution in [0.25, 0.3) is 0 Å². The Bertz CT molecular complexity index is 1290. The molecule has 0 aliphatic heterocycles. The molecular formula is C29H36Cl2N6O3. The Labute approximate surface area is 245 Å². The summed E-state index contributed by atoms with van der Waals surface area (Å²) in [7, 11) is 5.73. The van der Waals surface area contributed by atoms with Crippen LogP contribution in [0.3, 0.4) is 0 Å². The molecule has 1 heterocycles. The SMILES string of the molecule is CN(C)CCCNC(=O)c1cc(NC(=O)c2ccc(NC(=O)c3cccc(N(CCCl)CCCl)c3)cc2)cn1C. The molecule has 3 amide bonds. The Morgan fingerprint density at radius 2 is 1.45 bits per heavy atom. The quantitative estimate of drug-likeness (QED) is 0.191. The van der Waals surface area contributed by atoms with E-state index in [0.717, 1.165) is 18.7 Å². The summed E-state index contributed by atoms with van der Waals surface area (Å²) < 4.78 is 1.68. The van der Waals surface area contributed by atoms with Crippen LogP contribution in [0.4, 0.5) is 17.1 Å². The number of nitrogens with zero attached hydrogens (tertiary/aromatic N) is 3. The third-order valence-electron chi connectivity index (χ3n) is 6.15. The number of hydrogen-bond acceptors (Lipinski definition) is 5. The molecule has 0 atom stereocenters. The van der Waals surface area contributed by atoms with Gasteiger partial charge in [0.05, 0.1) is 5.69 Å². The van der Waals surface area contributed by atoms with Crippen LogP contribution in [0.1, 0.15) is 37.6 Å². The molecule has 0 fully saturated rings. The van der Waals surface area contributed by atoms with Gasteiger partial charge in [0.15, 0.2) is 0 Å². The third kappa shape index (κ3) is 9.01. The van der Waals surface area contributed by atoms with E-state index in [1.165, 1.54) is 0 Å². The van der Waals surface area contributed by atoms with Gasteiger partial charge in [0.1, 0.15) is 5.69 Å². The lowest BCUT2D eigenvalue weighted by atomic mass is 10.1. The topological polar surface area (TPSA) is 98.7 Å². The number of anilines is 3. The molecule has 0 saturated carbocycles. The molecule has 0 unspecified atom stereocenters. The molecule has 0 bridgehead atoms. The number of nitrogens with one attached hydrogen (secondary N) is 3. The summed E-state index contributed by atoms with van der Waals surface area (Å²) in [6.45, 7) is 2.70. The Morgan fingerprint density at radius 1 is 0.800 bits per heavy atom. The molecule has 1 aromatic heterocycles. The van der Waals surface area contributed by atoms with Crippen molar-refractivity contribution in [3.63, 3.8) is 0 Å². The number of aromatic nitrogens is 1. The van der Waals surface area contributed by atoms with Crippen LogP contribution < -0.4 is 20.9 Å². The Balaban J connectivity index is 1.58. The maximum atomic E-state index is 12.9. The van der Waals surface area contributed by atoms with Crippen LogP contribution in [-0.4, -0.2) is 79.2 Å². The van der Waals surface area contributed by atoms with Gasteiger partial charge in [0.2, 0.25) is 0 Å². The first-order valence-corrected chi connectivity index (χ1v) is 14.1. The molecule has 0 aliphatic rings. The summed E-state index contributed by atoms with van der Waals surface area (Å²) in [5, 5.41) is 8.59. The molecule has 11 heteroatoms. The highest BCUT2D eigenvalue weighted by atomic mass is 35.5. The van der Waals surface area contributed by atoms with Gasteiger partial charge in [-0.25, -0.2) is 0 Å². The van der Waals surface area contributed by atoms with Crippen molar-refractivity contribution in [2.24, 2.45) is 7.05 Å². The zero-order valence-electron chi connectivity index (χ0n) is 23.0. The number of benzene rings is 2. The minimum Gasteiger partial charge on any atom is -0.369 e. The van der Waals surface area contributed by atoms with Crippen molar-refractivity contribution in [3.05, 3.63) is 77.6 Å². The van der Waals surface area contributed by atoms with Crippen LogP contribution in [0.15, 0.2) is 60.8 Å². The Hall–Kier alpha value is -3.53. The van der Waals surface area contributed by atoms with Gasteiger partial charge in [0.25, 0.3) is 17.7 Å². The molecule has 3 aromatic rings. The fraction of sp³-hybridized carbons (Fsp3) is 0.345. The van der Waals surface area contributed by atoms with Gasteiger partial charge in [-0.3, -0.25) is 14.4 Å². The minimum absolute atomic E-state index is 0.196. The summed E-state index contributed by atoms with van der Waals surface area (Å²) in [5.41, 5.74) is 3.30. The van der Waals surface area contributed by atoms with E-state index in [2.05, 4.69) is 20.9 Å². The van der Waals surface area contributed by atoms with E-state index in [1.807, 2.05) is 31.1 Å². The molecule has 0 saturated heterocycles. The number of carbonyl (C=O) groups excluding carboxylic acids is 3. The van der Waals surface area contributed by atoms with E-state index in [1.54, 1.807) is 60.3 Å². The first-order chi connectivity index (χ1) is 19.2. The summed E-state index contributed by atoms with van der Waals surface area (Å²) in [4.78, 5) is 42.3. The minimum atomic E-state index is -0.326. The predicted molar refractivity (Wildman–Crippen MR) is 163 cm³/mol. The third-order valence-corrected chi connectivity index (χ3v) is 6.49. The highest BCUT2D eigenvalue weighted by Gasteiger charge is 2.15. The molecule has 3 N–H and O–H groups in total. The van der Waals surface area contributed by atoms with E-state index < -0.39 is 0 Å². The second-order valence-corrected chi connectivity index (χ2v) is 10.3. The zero-order chi connectivity index (χ0) is 29.1. The summed E-state index contributed by atoms with van der Waals surface area (Å²) in [5.74, 6) is 0.106. The number of rotatable bonds is 14. The number of hydrogen-bond donors (Lipinski definition) is 3. The molecule has 3 rings (SSSR count). The lowest BCUT2D eigenvalue weighted by Gasteiger charge is -2.23. The smallest absolute Gasteiger partial charge is 0.267 e. The van der Waals surface area contributed by atoms with Gasteiger partial charge in [-0.2, -0.15) is 0 Å². The molecule has 0 spiro atoms. The zero-order valence-corrected chi connectivity index (χ0v) is 24.6. The van der Waals surface area contributed by atoms with E-state index in [4.69, 9.17) is 23.2 Å². The Kier molecular flexibility index (Phi) is 11.9. The second kappa shape index (κ2) is 15.3. The van der Waals surface area contributed by atoms with Gasteiger partial charge in [-0.15, -0.1) is 23.2 Å². The fourth-order valence-corrected chi connectivity index (χ4v) is 4.48. The van der Waals surface area contributed by atoms with Crippen LogP contribution >= 0.6 is 23.2 Å². The first kappa shape index (κ1) is 31.0. The predicted octanol–water partition coefficient (Wildman–Crippen LogP) is 4.50. The van der Waals surface area contributed by atoms with Crippen LogP contribution in [0, 0.1) is 0 Å². The van der Waals surface area contributed by atoms with E-state index in [-0.39, 0.29) is 17.7 Å².